The van der Waals surface area contributed by atoms with Gasteiger partial charge in [-0.3, -0.25) is 9.59 Å². The summed E-state index contributed by atoms with van der Waals surface area (Å²) in [5.74, 6) is -2.39. The molecule has 118 valence electrons. The minimum Gasteiger partial charge on any atom is -0.503 e. The van der Waals surface area contributed by atoms with Crippen molar-refractivity contribution in [2.75, 3.05) is 7.11 Å². The molecule has 1 atom stereocenters. The summed E-state index contributed by atoms with van der Waals surface area (Å²) in [6, 6.07) is 1.50. The fraction of sp³-hybridized carbons (Fsp3) is 0.286. The van der Waals surface area contributed by atoms with Gasteiger partial charge in [0.25, 0.3) is 0 Å². The maximum atomic E-state index is 12.2. The van der Waals surface area contributed by atoms with E-state index < -0.39 is 11.9 Å². The molecule has 0 spiro atoms. The number of ether oxygens (including phenoxy) is 1. The van der Waals surface area contributed by atoms with Crippen LogP contribution in [0.2, 0.25) is 10.0 Å². The summed E-state index contributed by atoms with van der Waals surface area (Å²) < 4.78 is 5.52. The number of phenolic OH excluding ortho intramolecular Hbond substituents is 1. The molecule has 1 aromatic carbocycles. The first-order valence-electron chi connectivity index (χ1n) is 6.21. The Morgan fingerprint density at radius 2 is 2.00 bits per heavy atom. The van der Waals surface area contributed by atoms with Crippen LogP contribution in [0, 0.1) is 5.92 Å². The van der Waals surface area contributed by atoms with E-state index in [1.807, 2.05) is 0 Å². The molecule has 0 amide bonds. The average Bonchev–Trinajstić information content (AvgIpc) is 2.91. The van der Waals surface area contributed by atoms with Crippen LogP contribution < -0.4 is 4.74 Å². The molecule has 0 saturated heterocycles. The first kappa shape index (κ1) is 16.9. The van der Waals surface area contributed by atoms with E-state index in [0.29, 0.717) is 15.0 Å². The number of halogens is 2. The largest absolute Gasteiger partial charge is 0.503 e. The minimum absolute atomic E-state index is 0.0397. The van der Waals surface area contributed by atoms with E-state index in [2.05, 4.69) is 0 Å². The van der Waals surface area contributed by atoms with Crippen molar-refractivity contribution in [1.82, 2.24) is 0 Å². The van der Waals surface area contributed by atoms with Gasteiger partial charge in [0, 0.05) is 11.8 Å². The second kappa shape index (κ2) is 6.32. The molecule has 0 unspecified atom stereocenters. The zero-order valence-electron chi connectivity index (χ0n) is 11.6. The predicted molar refractivity (Wildman–Crippen MR) is 85.8 cm³/mol. The second-order valence-corrected chi connectivity index (χ2v) is 6.54. The number of carboxylic acid groups (broad SMARTS) is 1. The molecule has 0 radical (unpaired) electrons. The van der Waals surface area contributed by atoms with Gasteiger partial charge in [0.05, 0.1) is 27.6 Å². The molecule has 2 N–H and O–H groups in total. The summed E-state index contributed by atoms with van der Waals surface area (Å²) in [5.41, 5.74) is 0. The Morgan fingerprint density at radius 3 is 2.55 bits per heavy atom. The Balaban J connectivity index is 2.51. The first-order chi connectivity index (χ1) is 10.3. The van der Waals surface area contributed by atoms with Gasteiger partial charge in [0.15, 0.2) is 17.3 Å². The van der Waals surface area contributed by atoms with Crippen LogP contribution in [-0.2, 0) is 4.79 Å². The molecule has 2 rings (SSSR count). The molecule has 0 bridgehead atoms. The lowest BCUT2D eigenvalue weighted by Crippen LogP contribution is -2.13. The number of hydrogen-bond acceptors (Lipinski definition) is 5. The number of benzene rings is 1. The number of ketones is 1. The lowest BCUT2D eigenvalue weighted by atomic mass is 10.0. The number of hydrogen-bond donors (Lipinski definition) is 2. The van der Waals surface area contributed by atoms with E-state index in [-0.39, 0.29) is 33.7 Å². The van der Waals surface area contributed by atoms with E-state index in [0.717, 1.165) is 11.3 Å². The third-order valence-corrected chi connectivity index (χ3v) is 5.23. The van der Waals surface area contributed by atoms with Crippen LogP contribution >= 0.6 is 34.5 Å². The Morgan fingerprint density at radius 1 is 1.36 bits per heavy atom. The highest BCUT2D eigenvalue weighted by atomic mass is 35.5. The van der Waals surface area contributed by atoms with Crippen LogP contribution in [0.5, 0.6) is 11.5 Å². The molecule has 1 heterocycles. The second-order valence-electron chi connectivity index (χ2n) is 4.73. The molecule has 2 aromatic rings. The number of carbonyl (C=O) groups excluding carboxylic acids is 1. The van der Waals surface area contributed by atoms with E-state index in [1.165, 1.54) is 20.1 Å². The molecule has 0 fully saturated rings. The van der Waals surface area contributed by atoms with Gasteiger partial charge in [0.1, 0.15) is 5.02 Å². The fourth-order valence-corrected chi connectivity index (χ4v) is 3.66. The summed E-state index contributed by atoms with van der Waals surface area (Å²) >= 11 is 13.3. The van der Waals surface area contributed by atoms with Crippen LogP contribution in [0.15, 0.2) is 6.07 Å². The van der Waals surface area contributed by atoms with Gasteiger partial charge in [-0.1, -0.05) is 30.1 Å². The monoisotopic (exact) mass is 362 g/mol. The van der Waals surface area contributed by atoms with E-state index >= 15 is 0 Å². The number of carbonyl (C=O) groups is 2. The number of thiophene rings is 1. The Labute approximate surface area is 140 Å². The number of rotatable bonds is 5. The first-order valence-corrected chi connectivity index (χ1v) is 7.78. The highest BCUT2D eigenvalue weighted by Gasteiger charge is 2.23. The van der Waals surface area contributed by atoms with Crippen LogP contribution in [-0.4, -0.2) is 29.1 Å². The van der Waals surface area contributed by atoms with E-state index in [4.69, 9.17) is 33.0 Å². The van der Waals surface area contributed by atoms with Crippen molar-refractivity contribution in [2.24, 2.45) is 5.92 Å². The fourth-order valence-electron chi connectivity index (χ4n) is 1.94. The topological polar surface area (TPSA) is 83.8 Å². The average molecular weight is 363 g/mol. The summed E-state index contributed by atoms with van der Waals surface area (Å²) in [4.78, 5) is 23.3. The van der Waals surface area contributed by atoms with E-state index in [1.54, 1.807) is 0 Å². The summed E-state index contributed by atoms with van der Waals surface area (Å²) in [7, 11) is 1.34. The van der Waals surface area contributed by atoms with Gasteiger partial charge in [-0.25, -0.2) is 0 Å². The molecule has 5 nitrogen and oxygen atoms in total. The van der Waals surface area contributed by atoms with Gasteiger partial charge in [-0.05, 0) is 6.07 Å². The number of aliphatic carboxylic acids is 1. The van der Waals surface area contributed by atoms with Crippen LogP contribution in [0.25, 0.3) is 10.1 Å². The highest BCUT2D eigenvalue weighted by Crippen LogP contribution is 2.49. The van der Waals surface area contributed by atoms with Gasteiger partial charge in [-0.15, -0.1) is 11.3 Å². The molecule has 1 aromatic heterocycles. The third kappa shape index (κ3) is 2.86. The molecule has 0 aliphatic heterocycles. The number of carboxylic acids is 1. The summed E-state index contributed by atoms with van der Waals surface area (Å²) in [6.07, 6.45) is -0.124. The van der Waals surface area contributed by atoms with Crippen molar-refractivity contribution in [3.63, 3.8) is 0 Å². The SMILES string of the molecule is COc1c(O)c(Cl)c2cc(C(=O)C[C@H](C)C(=O)O)sc2c1Cl. The number of fused-ring (bicyclic) bond motifs is 1. The number of phenols is 1. The molecule has 22 heavy (non-hydrogen) atoms. The molecule has 0 saturated carbocycles. The number of methoxy groups -OCH3 is 1. The van der Waals surface area contributed by atoms with Gasteiger partial charge in [0.2, 0.25) is 0 Å². The van der Waals surface area contributed by atoms with Crippen molar-refractivity contribution in [2.45, 2.75) is 13.3 Å². The number of Topliss-reactive ketones (excluding diaryl/α,β-unsaturated/α-hetero) is 1. The molecule has 0 aliphatic carbocycles. The number of aromatic hydroxyl groups is 1. The molecule has 0 aliphatic rings. The molecule has 8 heteroatoms. The molecular formula is C14H12Cl2O5S. The van der Waals surface area contributed by atoms with Crippen LogP contribution in [0.1, 0.15) is 23.0 Å². The maximum absolute atomic E-state index is 12.2. The highest BCUT2D eigenvalue weighted by molar-refractivity contribution is 7.21. The maximum Gasteiger partial charge on any atom is 0.306 e. The zero-order chi connectivity index (χ0) is 16.6. The smallest absolute Gasteiger partial charge is 0.306 e. The van der Waals surface area contributed by atoms with Crippen LogP contribution in [0.4, 0.5) is 0 Å². The Bertz CT molecular complexity index is 768. The Kier molecular flexibility index (Phi) is 4.84. The Hall–Kier alpha value is -1.50. The van der Waals surface area contributed by atoms with Crippen LogP contribution in [0.3, 0.4) is 0 Å². The van der Waals surface area contributed by atoms with Crippen molar-refractivity contribution in [3.8, 4) is 11.5 Å². The van der Waals surface area contributed by atoms with Crippen molar-refractivity contribution in [1.29, 1.82) is 0 Å². The molecular weight excluding hydrogens is 351 g/mol. The zero-order valence-corrected chi connectivity index (χ0v) is 14.0. The van der Waals surface area contributed by atoms with Crippen molar-refractivity contribution in [3.05, 3.63) is 21.0 Å². The van der Waals surface area contributed by atoms with Gasteiger partial charge in [-0.2, -0.15) is 0 Å². The normalized spacial score (nSPS) is 12.4. The van der Waals surface area contributed by atoms with Gasteiger partial charge >= 0.3 is 5.97 Å². The quantitative estimate of drug-likeness (QED) is 0.778. The van der Waals surface area contributed by atoms with Crippen molar-refractivity contribution < 1.29 is 24.5 Å². The lowest BCUT2D eigenvalue weighted by Gasteiger charge is -2.08. The lowest BCUT2D eigenvalue weighted by molar-refractivity contribution is -0.141. The predicted octanol–water partition coefficient (Wildman–Crippen LogP) is 4.22. The standard InChI is InChI=1S/C14H12Cl2O5S/c1-5(14(19)20)3-7(17)8-4-6-9(15)11(18)12(21-2)10(16)13(6)22-8/h4-5,18H,3H2,1-2H3,(H,19,20)/t5-/m0/s1. The summed E-state index contributed by atoms with van der Waals surface area (Å²) in [6.45, 7) is 1.46. The minimum atomic E-state index is -1.04. The van der Waals surface area contributed by atoms with Crippen molar-refractivity contribution >= 4 is 56.4 Å². The summed E-state index contributed by atoms with van der Waals surface area (Å²) in [5, 5.41) is 19.4. The van der Waals surface area contributed by atoms with Gasteiger partial charge < -0.3 is 14.9 Å². The third-order valence-electron chi connectivity index (χ3n) is 3.18. The van der Waals surface area contributed by atoms with E-state index in [9.17, 15) is 14.7 Å².